The van der Waals surface area contributed by atoms with Crippen LogP contribution in [0.5, 0.6) is 11.5 Å². The van der Waals surface area contributed by atoms with E-state index in [4.69, 9.17) is 9.47 Å². The Morgan fingerprint density at radius 1 is 1.15 bits per heavy atom. The molecule has 2 amide bonds. The maximum Gasteiger partial charge on any atom is 0.232 e. The average Bonchev–Trinajstić information content (AvgIpc) is 2.66. The maximum absolute atomic E-state index is 12.4. The first-order valence-corrected chi connectivity index (χ1v) is 10.3. The van der Waals surface area contributed by atoms with Gasteiger partial charge in [0.1, 0.15) is 0 Å². The third kappa shape index (κ3) is 5.25. The molecule has 0 aliphatic carbocycles. The molecule has 1 saturated heterocycles. The van der Waals surface area contributed by atoms with Gasteiger partial charge >= 0.3 is 0 Å². The highest BCUT2D eigenvalue weighted by Gasteiger charge is 2.24. The zero-order chi connectivity index (χ0) is 20.0. The van der Waals surface area contributed by atoms with Gasteiger partial charge < -0.3 is 19.3 Å². The van der Waals surface area contributed by atoms with Gasteiger partial charge in [0.25, 0.3) is 0 Å². The van der Waals surface area contributed by atoms with Gasteiger partial charge in [-0.05, 0) is 12.1 Å². The van der Waals surface area contributed by atoms with E-state index in [2.05, 4.69) is 0 Å². The Bertz CT molecular complexity index is 775. The molecule has 10 heteroatoms. The highest BCUT2D eigenvalue weighted by molar-refractivity contribution is 7.92. The van der Waals surface area contributed by atoms with Gasteiger partial charge in [-0.2, -0.15) is 0 Å². The molecule has 27 heavy (non-hydrogen) atoms. The number of hydrogen-bond donors (Lipinski definition) is 0. The van der Waals surface area contributed by atoms with Crippen LogP contribution in [0, 0.1) is 0 Å². The lowest BCUT2D eigenvalue weighted by molar-refractivity contribution is -0.134. The summed E-state index contributed by atoms with van der Waals surface area (Å²) in [5, 5.41) is 0. The van der Waals surface area contributed by atoms with Crippen molar-refractivity contribution in [3.05, 3.63) is 18.2 Å². The Hall–Kier alpha value is -2.49. The van der Waals surface area contributed by atoms with Gasteiger partial charge in [-0.1, -0.05) is 0 Å². The zero-order valence-corrected chi connectivity index (χ0v) is 16.6. The normalized spacial score (nSPS) is 14.6. The molecule has 1 heterocycles. The van der Waals surface area contributed by atoms with Crippen molar-refractivity contribution in [2.75, 3.05) is 57.5 Å². The fourth-order valence-corrected chi connectivity index (χ4v) is 3.82. The zero-order valence-electron chi connectivity index (χ0n) is 15.8. The van der Waals surface area contributed by atoms with Crippen LogP contribution in [0.4, 0.5) is 5.69 Å². The third-order valence-corrected chi connectivity index (χ3v) is 5.59. The summed E-state index contributed by atoms with van der Waals surface area (Å²) in [6.07, 6.45) is 1.91. The summed E-state index contributed by atoms with van der Waals surface area (Å²) >= 11 is 0. The van der Waals surface area contributed by atoms with Gasteiger partial charge in [0.15, 0.2) is 11.5 Å². The molecular weight excluding hydrogens is 374 g/mol. The summed E-state index contributed by atoms with van der Waals surface area (Å²) in [4.78, 5) is 26.4. The Balaban J connectivity index is 2.10. The predicted molar refractivity (Wildman–Crippen MR) is 101 cm³/mol. The molecule has 0 saturated carbocycles. The summed E-state index contributed by atoms with van der Waals surface area (Å²) in [6, 6.07) is 4.79. The summed E-state index contributed by atoms with van der Waals surface area (Å²) in [6.45, 7) is 1.89. The molecule has 2 rings (SSSR count). The van der Waals surface area contributed by atoms with Crippen molar-refractivity contribution in [1.82, 2.24) is 9.80 Å². The number of carbonyl (C=O) groups is 2. The number of carbonyl (C=O) groups excluding carboxylic acids is 2. The van der Waals surface area contributed by atoms with Crippen LogP contribution in [0.1, 0.15) is 6.42 Å². The third-order valence-electron chi connectivity index (χ3n) is 4.40. The lowest BCUT2D eigenvalue weighted by atomic mass is 10.2. The van der Waals surface area contributed by atoms with E-state index >= 15 is 0 Å². The topological polar surface area (TPSA) is 96.5 Å². The highest BCUT2D eigenvalue weighted by atomic mass is 32.2. The molecule has 0 radical (unpaired) electrons. The van der Waals surface area contributed by atoms with E-state index < -0.39 is 10.0 Å². The van der Waals surface area contributed by atoms with Crippen molar-refractivity contribution >= 4 is 28.0 Å². The molecule has 0 unspecified atom stereocenters. The summed E-state index contributed by atoms with van der Waals surface area (Å²) in [5.41, 5.74) is 0.397. The van der Waals surface area contributed by atoms with Gasteiger partial charge in [0.05, 0.1) is 26.2 Å². The second-order valence-electron chi connectivity index (χ2n) is 6.15. The first kappa shape index (κ1) is 20.8. The van der Waals surface area contributed by atoms with E-state index in [0.29, 0.717) is 43.4 Å². The molecule has 0 bridgehead atoms. The van der Waals surface area contributed by atoms with Crippen LogP contribution in [0.25, 0.3) is 0 Å². The van der Waals surface area contributed by atoms with Gasteiger partial charge in [-0.15, -0.1) is 0 Å². The van der Waals surface area contributed by atoms with Crippen molar-refractivity contribution in [3.63, 3.8) is 0 Å². The van der Waals surface area contributed by atoms with Gasteiger partial charge in [-0.25, -0.2) is 8.42 Å². The van der Waals surface area contributed by atoms with E-state index in [-0.39, 0.29) is 18.9 Å². The minimum Gasteiger partial charge on any atom is -0.493 e. The van der Waals surface area contributed by atoms with Crippen LogP contribution in [0.15, 0.2) is 18.2 Å². The second-order valence-corrected chi connectivity index (χ2v) is 8.05. The molecule has 1 fully saturated rings. The molecule has 0 N–H and O–H groups in total. The van der Waals surface area contributed by atoms with Crippen molar-refractivity contribution in [1.29, 1.82) is 0 Å². The smallest absolute Gasteiger partial charge is 0.232 e. The van der Waals surface area contributed by atoms with Crippen molar-refractivity contribution in [2.24, 2.45) is 0 Å². The quantitative estimate of drug-likeness (QED) is 0.578. The van der Waals surface area contributed by atoms with Crippen LogP contribution in [0.3, 0.4) is 0 Å². The number of anilines is 1. The van der Waals surface area contributed by atoms with Gasteiger partial charge in [0, 0.05) is 45.2 Å². The molecule has 1 aromatic rings. The van der Waals surface area contributed by atoms with Crippen LogP contribution >= 0.6 is 0 Å². The molecule has 1 aliphatic rings. The SMILES string of the molecule is COc1ccc(N(CCC(=O)N2CCN(C=O)CC2)S(C)(=O)=O)cc1OC. The molecule has 1 aromatic carbocycles. The Morgan fingerprint density at radius 3 is 2.30 bits per heavy atom. The Labute approximate surface area is 159 Å². The number of benzene rings is 1. The molecule has 1 aliphatic heterocycles. The first-order chi connectivity index (χ1) is 12.8. The number of ether oxygens (including phenoxy) is 2. The van der Waals surface area contributed by atoms with E-state index in [0.717, 1.165) is 12.7 Å². The fraction of sp³-hybridized carbons (Fsp3) is 0.529. The van der Waals surface area contributed by atoms with Gasteiger partial charge in [-0.3, -0.25) is 13.9 Å². The number of sulfonamides is 1. The maximum atomic E-state index is 12.4. The predicted octanol–water partition coefficient (Wildman–Crippen LogP) is 0.161. The van der Waals surface area contributed by atoms with E-state index in [1.54, 1.807) is 28.0 Å². The van der Waals surface area contributed by atoms with Crippen molar-refractivity contribution in [3.8, 4) is 11.5 Å². The first-order valence-electron chi connectivity index (χ1n) is 8.47. The minimum atomic E-state index is -3.59. The van der Waals surface area contributed by atoms with Crippen molar-refractivity contribution < 1.29 is 27.5 Å². The number of rotatable bonds is 8. The number of piperazine rings is 1. The van der Waals surface area contributed by atoms with E-state index in [9.17, 15) is 18.0 Å². The lowest BCUT2D eigenvalue weighted by Crippen LogP contribution is -2.48. The number of nitrogens with zero attached hydrogens (tertiary/aromatic N) is 3. The van der Waals surface area contributed by atoms with Gasteiger partial charge in [0.2, 0.25) is 22.3 Å². The number of methoxy groups -OCH3 is 2. The monoisotopic (exact) mass is 399 g/mol. The molecule has 0 spiro atoms. The van der Waals surface area contributed by atoms with Crippen LogP contribution in [-0.4, -0.2) is 83.7 Å². The Morgan fingerprint density at radius 2 is 1.78 bits per heavy atom. The highest BCUT2D eigenvalue weighted by Crippen LogP contribution is 2.32. The lowest BCUT2D eigenvalue weighted by Gasteiger charge is -2.33. The second kappa shape index (κ2) is 8.94. The minimum absolute atomic E-state index is 0.0149. The largest absolute Gasteiger partial charge is 0.493 e. The van der Waals surface area contributed by atoms with Crippen LogP contribution in [-0.2, 0) is 19.6 Å². The number of hydrogen-bond acceptors (Lipinski definition) is 6. The number of amides is 2. The van der Waals surface area contributed by atoms with Crippen molar-refractivity contribution in [2.45, 2.75) is 6.42 Å². The van der Waals surface area contributed by atoms with Crippen LogP contribution in [0.2, 0.25) is 0 Å². The van der Waals surface area contributed by atoms with Crippen LogP contribution < -0.4 is 13.8 Å². The molecule has 0 aromatic heterocycles. The fourth-order valence-electron chi connectivity index (χ4n) is 2.90. The average molecular weight is 399 g/mol. The molecule has 150 valence electrons. The summed E-state index contributed by atoms with van der Waals surface area (Å²) < 4.78 is 36.1. The van der Waals surface area contributed by atoms with E-state index in [1.165, 1.54) is 18.5 Å². The molecular formula is C17H25N3O6S. The summed E-state index contributed by atoms with van der Waals surface area (Å²) in [5.74, 6) is 0.744. The van der Waals surface area contributed by atoms with E-state index in [1.807, 2.05) is 0 Å². The molecule has 9 nitrogen and oxygen atoms in total. The molecule has 0 atom stereocenters. The standard InChI is InChI=1S/C17H25N3O6S/c1-25-15-5-4-14(12-16(15)26-2)20(27(3,23)24)7-6-17(22)19-10-8-18(13-21)9-11-19/h4-5,12-13H,6-11H2,1-3H3. The summed E-state index contributed by atoms with van der Waals surface area (Å²) in [7, 11) is -0.628. The Kier molecular flexibility index (Phi) is 6.89.